The number of nitrogens with zero attached hydrogens (tertiary/aromatic N) is 1. The Morgan fingerprint density at radius 3 is 2.82 bits per heavy atom. The first-order valence-corrected chi connectivity index (χ1v) is 5.38. The van der Waals surface area contributed by atoms with Gasteiger partial charge in [0.25, 0.3) is 0 Å². The first-order chi connectivity index (χ1) is 8.29. The molecule has 4 nitrogen and oxygen atoms in total. The summed E-state index contributed by atoms with van der Waals surface area (Å²) in [5.74, 6) is 1.79. The number of aliphatic hydroxyl groups is 1. The van der Waals surface area contributed by atoms with Gasteiger partial charge in [0.15, 0.2) is 0 Å². The predicted octanol–water partition coefficient (Wildman–Crippen LogP) is 1.99. The topological polar surface area (TPSA) is 68.4 Å². The summed E-state index contributed by atoms with van der Waals surface area (Å²) >= 11 is 0. The molecule has 0 atom stereocenters. The van der Waals surface area contributed by atoms with Gasteiger partial charge in [-0.3, -0.25) is 0 Å². The van der Waals surface area contributed by atoms with Crippen molar-refractivity contribution in [2.45, 2.75) is 6.42 Å². The SMILES string of the molecule is Nc1cc(Oc2ccccc2CCO)ccn1. The summed E-state index contributed by atoms with van der Waals surface area (Å²) in [6, 6.07) is 11.0. The van der Waals surface area contributed by atoms with Crippen LogP contribution in [-0.2, 0) is 6.42 Å². The number of benzene rings is 1. The molecule has 0 unspecified atom stereocenters. The van der Waals surface area contributed by atoms with E-state index in [-0.39, 0.29) is 6.61 Å². The molecule has 0 fully saturated rings. The smallest absolute Gasteiger partial charge is 0.132 e. The molecule has 0 saturated heterocycles. The van der Waals surface area contributed by atoms with Gasteiger partial charge in [-0.25, -0.2) is 4.98 Å². The Bertz CT molecular complexity index is 500. The van der Waals surface area contributed by atoms with Crippen LogP contribution in [0.4, 0.5) is 5.82 Å². The third kappa shape index (κ3) is 2.95. The van der Waals surface area contributed by atoms with Crippen molar-refractivity contribution in [2.75, 3.05) is 12.3 Å². The van der Waals surface area contributed by atoms with Crippen LogP contribution in [0.1, 0.15) is 5.56 Å². The Kier molecular flexibility index (Phi) is 3.57. The van der Waals surface area contributed by atoms with Gasteiger partial charge in [-0.15, -0.1) is 0 Å². The number of anilines is 1. The molecule has 2 rings (SSSR count). The van der Waals surface area contributed by atoms with Gasteiger partial charge in [-0.2, -0.15) is 0 Å². The van der Waals surface area contributed by atoms with Gasteiger partial charge in [0.1, 0.15) is 17.3 Å². The van der Waals surface area contributed by atoms with Crippen LogP contribution in [0.3, 0.4) is 0 Å². The van der Waals surface area contributed by atoms with Crippen LogP contribution in [0, 0.1) is 0 Å². The lowest BCUT2D eigenvalue weighted by Crippen LogP contribution is -1.96. The van der Waals surface area contributed by atoms with Crippen molar-refractivity contribution in [1.82, 2.24) is 4.98 Å². The number of nitrogen functional groups attached to an aromatic ring is 1. The van der Waals surface area contributed by atoms with Crippen molar-refractivity contribution in [1.29, 1.82) is 0 Å². The molecule has 0 saturated carbocycles. The fourth-order valence-corrected chi connectivity index (χ4v) is 1.55. The molecule has 88 valence electrons. The minimum absolute atomic E-state index is 0.0961. The largest absolute Gasteiger partial charge is 0.457 e. The lowest BCUT2D eigenvalue weighted by Gasteiger charge is -2.10. The predicted molar refractivity (Wildman–Crippen MR) is 66.0 cm³/mol. The minimum atomic E-state index is 0.0961. The number of para-hydroxylation sites is 1. The molecule has 1 aromatic heterocycles. The molecular formula is C13H14N2O2. The van der Waals surface area contributed by atoms with Crippen LogP contribution in [0.5, 0.6) is 11.5 Å². The molecule has 17 heavy (non-hydrogen) atoms. The molecule has 1 aromatic carbocycles. The fourth-order valence-electron chi connectivity index (χ4n) is 1.55. The average Bonchev–Trinajstić information content (AvgIpc) is 2.32. The molecule has 2 aromatic rings. The van der Waals surface area contributed by atoms with E-state index in [0.29, 0.717) is 18.0 Å². The molecule has 0 aliphatic carbocycles. The highest BCUT2D eigenvalue weighted by Crippen LogP contribution is 2.25. The number of hydrogen-bond acceptors (Lipinski definition) is 4. The number of ether oxygens (including phenoxy) is 1. The lowest BCUT2D eigenvalue weighted by atomic mass is 10.1. The number of nitrogens with two attached hydrogens (primary N) is 1. The van der Waals surface area contributed by atoms with Gasteiger partial charge >= 0.3 is 0 Å². The number of hydrogen-bond donors (Lipinski definition) is 2. The van der Waals surface area contributed by atoms with Crippen molar-refractivity contribution >= 4 is 5.82 Å². The summed E-state index contributed by atoms with van der Waals surface area (Å²) in [5.41, 5.74) is 6.54. The van der Waals surface area contributed by atoms with Crippen LogP contribution >= 0.6 is 0 Å². The quantitative estimate of drug-likeness (QED) is 0.842. The maximum Gasteiger partial charge on any atom is 0.132 e. The summed E-state index contributed by atoms with van der Waals surface area (Å²) in [7, 11) is 0. The Labute approximate surface area is 99.7 Å². The first-order valence-electron chi connectivity index (χ1n) is 5.38. The summed E-state index contributed by atoms with van der Waals surface area (Å²) in [5, 5.41) is 8.97. The standard InChI is InChI=1S/C13H14N2O2/c14-13-9-11(5-7-15-13)17-12-4-2-1-3-10(12)6-8-16/h1-5,7,9,16H,6,8H2,(H2,14,15). The van der Waals surface area contributed by atoms with E-state index in [1.807, 2.05) is 24.3 Å². The van der Waals surface area contributed by atoms with Gasteiger partial charge < -0.3 is 15.6 Å². The van der Waals surface area contributed by atoms with Crippen molar-refractivity contribution in [3.63, 3.8) is 0 Å². The average molecular weight is 230 g/mol. The number of rotatable bonds is 4. The van der Waals surface area contributed by atoms with E-state index in [0.717, 1.165) is 11.3 Å². The van der Waals surface area contributed by atoms with Crippen LogP contribution in [0.15, 0.2) is 42.6 Å². The van der Waals surface area contributed by atoms with E-state index < -0.39 is 0 Å². The fraction of sp³-hybridized carbons (Fsp3) is 0.154. The number of aliphatic hydroxyl groups excluding tert-OH is 1. The van der Waals surface area contributed by atoms with E-state index in [4.69, 9.17) is 15.6 Å². The normalized spacial score (nSPS) is 10.2. The zero-order valence-corrected chi connectivity index (χ0v) is 9.34. The van der Waals surface area contributed by atoms with Gasteiger partial charge in [-0.1, -0.05) is 18.2 Å². The van der Waals surface area contributed by atoms with Gasteiger partial charge in [0.05, 0.1) is 0 Å². The van der Waals surface area contributed by atoms with Crippen molar-refractivity contribution in [3.05, 3.63) is 48.2 Å². The highest BCUT2D eigenvalue weighted by molar-refractivity contribution is 5.41. The summed E-state index contributed by atoms with van der Waals surface area (Å²) < 4.78 is 5.71. The third-order valence-corrected chi connectivity index (χ3v) is 2.33. The second-order valence-corrected chi connectivity index (χ2v) is 3.60. The van der Waals surface area contributed by atoms with Gasteiger partial charge in [0, 0.05) is 18.9 Å². The Balaban J connectivity index is 2.23. The maximum absolute atomic E-state index is 8.97. The van der Waals surface area contributed by atoms with E-state index in [9.17, 15) is 0 Å². The minimum Gasteiger partial charge on any atom is -0.457 e. The Morgan fingerprint density at radius 1 is 1.24 bits per heavy atom. The second kappa shape index (κ2) is 5.32. The summed E-state index contributed by atoms with van der Waals surface area (Å²) in [4.78, 5) is 3.90. The number of aromatic nitrogens is 1. The zero-order valence-electron chi connectivity index (χ0n) is 9.34. The van der Waals surface area contributed by atoms with Gasteiger partial charge in [0.2, 0.25) is 0 Å². The molecule has 0 amide bonds. The van der Waals surface area contributed by atoms with Crippen LogP contribution in [0.25, 0.3) is 0 Å². The van der Waals surface area contributed by atoms with Crippen molar-refractivity contribution < 1.29 is 9.84 Å². The highest BCUT2D eigenvalue weighted by atomic mass is 16.5. The molecule has 3 N–H and O–H groups in total. The van der Waals surface area contributed by atoms with Crippen LogP contribution in [0.2, 0.25) is 0 Å². The zero-order chi connectivity index (χ0) is 12.1. The van der Waals surface area contributed by atoms with Crippen LogP contribution in [-0.4, -0.2) is 16.7 Å². The Morgan fingerprint density at radius 2 is 2.06 bits per heavy atom. The van der Waals surface area contributed by atoms with Crippen LogP contribution < -0.4 is 10.5 Å². The second-order valence-electron chi connectivity index (χ2n) is 3.60. The molecule has 0 aliphatic rings. The molecular weight excluding hydrogens is 216 g/mol. The third-order valence-electron chi connectivity index (χ3n) is 2.33. The summed E-state index contributed by atoms with van der Waals surface area (Å²) in [6.07, 6.45) is 2.16. The van der Waals surface area contributed by atoms with E-state index in [2.05, 4.69) is 4.98 Å². The van der Waals surface area contributed by atoms with Crippen molar-refractivity contribution in [2.24, 2.45) is 0 Å². The highest BCUT2D eigenvalue weighted by Gasteiger charge is 2.04. The number of pyridine rings is 1. The molecule has 0 spiro atoms. The monoisotopic (exact) mass is 230 g/mol. The van der Waals surface area contributed by atoms with E-state index in [1.54, 1.807) is 18.3 Å². The van der Waals surface area contributed by atoms with Crippen molar-refractivity contribution in [3.8, 4) is 11.5 Å². The first kappa shape index (κ1) is 11.4. The van der Waals surface area contributed by atoms with Gasteiger partial charge in [-0.05, 0) is 24.1 Å². The summed E-state index contributed by atoms with van der Waals surface area (Å²) in [6.45, 7) is 0.0961. The maximum atomic E-state index is 8.97. The molecule has 0 aliphatic heterocycles. The van der Waals surface area contributed by atoms with E-state index in [1.165, 1.54) is 0 Å². The lowest BCUT2D eigenvalue weighted by molar-refractivity contribution is 0.298. The van der Waals surface area contributed by atoms with E-state index >= 15 is 0 Å². The molecule has 0 bridgehead atoms. The Hall–Kier alpha value is -2.07. The molecule has 0 radical (unpaired) electrons. The molecule has 1 heterocycles. The molecule has 4 heteroatoms.